The number of ether oxygens (including phenoxy) is 1. The molecule has 20 heavy (non-hydrogen) atoms. The highest BCUT2D eigenvalue weighted by atomic mass is 32.2. The van der Waals surface area contributed by atoms with Crippen LogP contribution < -0.4 is 10.5 Å². The van der Waals surface area contributed by atoms with Crippen LogP contribution in [0, 0.1) is 5.92 Å². The first-order chi connectivity index (χ1) is 9.49. The fourth-order valence-electron chi connectivity index (χ4n) is 2.20. The number of nitrogens with two attached hydrogens (primary N) is 1. The first-order valence-electron chi connectivity index (χ1n) is 7.12. The number of likely N-dealkylation sites (N-methyl/N-ethyl adjacent to an activating group) is 1. The summed E-state index contributed by atoms with van der Waals surface area (Å²) < 4.78 is 33.4. The minimum atomic E-state index is -3.35. The van der Waals surface area contributed by atoms with Crippen molar-refractivity contribution in [2.75, 3.05) is 60.0 Å². The van der Waals surface area contributed by atoms with Gasteiger partial charge in [-0.2, -0.15) is 12.7 Å². The van der Waals surface area contributed by atoms with Gasteiger partial charge in [0.25, 0.3) is 10.2 Å². The van der Waals surface area contributed by atoms with Crippen molar-refractivity contribution in [3.05, 3.63) is 0 Å². The van der Waals surface area contributed by atoms with Gasteiger partial charge in [-0.1, -0.05) is 0 Å². The van der Waals surface area contributed by atoms with Gasteiger partial charge in [0.05, 0.1) is 6.61 Å². The van der Waals surface area contributed by atoms with Gasteiger partial charge in [-0.3, -0.25) is 0 Å². The van der Waals surface area contributed by atoms with Crippen LogP contribution in [-0.2, 0) is 14.9 Å². The predicted molar refractivity (Wildman–Crippen MR) is 79.6 cm³/mol. The molecule has 1 aliphatic rings. The highest BCUT2D eigenvalue weighted by Crippen LogP contribution is 2.17. The number of nitrogens with one attached hydrogen (secondary N) is 1. The summed E-state index contributed by atoms with van der Waals surface area (Å²) >= 11 is 0. The highest BCUT2D eigenvalue weighted by Gasteiger charge is 2.26. The molecule has 0 radical (unpaired) electrons. The molecular formula is C12H28N4O3S. The fourth-order valence-corrected chi connectivity index (χ4v) is 3.42. The highest BCUT2D eigenvalue weighted by molar-refractivity contribution is 7.87. The number of nitrogens with zero attached hydrogens (tertiary/aromatic N) is 2. The van der Waals surface area contributed by atoms with Crippen LogP contribution in [0.2, 0.25) is 0 Å². The summed E-state index contributed by atoms with van der Waals surface area (Å²) in [5.41, 5.74) is 5.61. The quantitative estimate of drug-likeness (QED) is 0.574. The molecule has 0 aliphatic carbocycles. The largest absolute Gasteiger partial charge is 0.383 e. The summed E-state index contributed by atoms with van der Waals surface area (Å²) in [6, 6.07) is 0. The molecule has 0 saturated carbocycles. The zero-order chi connectivity index (χ0) is 15.0. The van der Waals surface area contributed by atoms with Crippen molar-refractivity contribution in [3.8, 4) is 0 Å². The first-order valence-corrected chi connectivity index (χ1v) is 8.56. The summed E-state index contributed by atoms with van der Waals surface area (Å²) in [7, 11) is 0.252. The molecule has 0 spiro atoms. The summed E-state index contributed by atoms with van der Waals surface area (Å²) in [5.74, 6) is 0.460. The Bertz CT molecular complexity index is 356. The summed E-state index contributed by atoms with van der Waals surface area (Å²) in [4.78, 5) is 2.03. The summed E-state index contributed by atoms with van der Waals surface area (Å²) in [5, 5.41) is 0. The van der Waals surface area contributed by atoms with Crippen molar-refractivity contribution in [2.45, 2.75) is 12.8 Å². The predicted octanol–water partition coefficient (Wildman–Crippen LogP) is -0.930. The van der Waals surface area contributed by atoms with Crippen molar-refractivity contribution in [2.24, 2.45) is 11.7 Å². The zero-order valence-corrected chi connectivity index (χ0v) is 13.4. The van der Waals surface area contributed by atoms with E-state index in [0.29, 0.717) is 45.2 Å². The van der Waals surface area contributed by atoms with Gasteiger partial charge in [-0.15, -0.1) is 0 Å². The van der Waals surface area contributed by atoms with Gasteiger partial charge in [0.1, 0.15) is 0 Å². The van der Waals surface area contributed by atoms with Gasteiger partial charge in [-0.05, 0) is 32.4 Å². The molecular weight excluding hydrogens is 280 g/mol. The monoisotopic (exact) mass is 308 g/mol. The number of hydrogen-bond donors (Lipinski definition) is 2. The average Bonchev–Trinajstić information content (AvgIpc) is 2.45. The van der Waals surface area contributed by atoms with Crippen LogP contribution in [0.1, 0.15) is 12.8 Å². The van der Waals surface area contributed by atoms with Crippen LogP contribution in [0.25, 0.3) is 0 Å². The smallest absolute Gasteiger partial charge is 0.279 e. The summed E-state index contributed by atoms with van der Waals surface area (Å²) in [6.07, 6.45) is 1.70. The Kier molecular flexibility index (Phi) is 7.93. The van der Waals surface area contributed by atoms with Crippen LogP contribution in [0.5, 0.6) is 0 Å². The van der Waals surface area contributed by atoms with Crippen LogP contribution >= 0.6 is 0 Å². The Hall–Kier alpha value is -0.250. The van der Waals surface area contributed by atoms with E-state index in [4.69, 9.17) is 10.5 Å². The normalized spacial score (nSPS) is 18.8. The van der Waals surface area contributed by atoms with E-state index in [-0.39, 0.29) is 0 Å². The third-order valence-electron chi connectivity index (χ3n) is 3.70. The summed E-state index contributed by atoms with van der Waals surface area (Å²) in [6.45, 7) is 4.30. The molecule has 0 bridgehead atoms. The van der Waals surface area contributed by atoms with E-state index in [9.17, 15) is 8.42 Å². The van der Waals surface area contributed by atoms with E-state index in [1.54, 1.807) is 7.11 Å². The van der Waals surface area contributed by atoms with Crippen LogP contribution in [-0.4, -0.2) is 77.7 Å². The first kappa shape index (κ1) is 17.8. The lowest BCUT2D eigenvalue weighted by atomic mass is 9.99. The second-order valence-corrected chi connectivity index (χ2v) is 7.03. The Balaban J connectivity index is 2.28. The van der Waals surface area contributed by atoms with Gasteiger partial charge in [0.15, 0.2) is 0 Å². The molecule has 8 heteroatoms. The number of rotatable bonds is 9. The van der Waals surface area contributed by atoms with E-state index in [2.05, 4.69) is 4.72 Å². The van der Waals surface area contributed by atoms with Crippen molar-refractivity contribution in [3.63, 3.8) is 0 Å². The van der Waals surface area contributed by atoms with Gasteiger partial charge in [-0.25, -0.2) is 4.72 Å². The topological polar surface area (TPSA) is 87.9 Å². The standard InChI is InChI=1S/C12H28N4O3S/c1-15(9-10-19-2)8-5-14-20(17,18)16-6-3-12(11-13)4-7-16/h12,14H,3-11,13H2,1-2H3. The lowest BCUT2D eigenvalue weighted by molar-refractivity contribution is 0.162. The van der Waals surface area contributed by atoms with Crippen LogP contribution in [0.3, 0.4) is 0 Å². The molecule has 1 fully saturated rings. The lowest BCUT2D eigenvalue weighted by Crippen LogP contribution is -2.47. The molecule has 0 aromatic rings. The zero-order valence-electron chi connectivity index (χ0n) is 12.5. The average molecular weight is 308 g/mol. The number of hydrogen-bond acceptors (Lipinski definition) is 5. The Morgan fingerprint density at radius 1 is 1.35 bits per heavy atom. The lowest BCUT2D eigenvalue weighted by Gasteiger charge is -2.30. The van der Waals surface area contributed by atoms with E-state index in [0.717, 1.165) is 19.4 Å². The van der Waals surface area contributed by atoms with Gasteiger partial charge in [0.2, 0.25) is 0 Å². The van der Waals surface area contributed by atoms with E-state index in [1.165, 1.54) is 4.31 Å². The Morgan fingerprint density at radius 3 is 2.55 bits per heavy atom. The van der Waals surface area contributed by atoms with Crippen LogP contribution in [0.15, 0.2) is 0 Å². The van der Waals surface area contributed by atoms with Crippen molar-refractivity contribution >= 4 is 10.2 Å². The minimum absolute atomic E-state index is 0.416. The van der Waals surface area contributed by atoms with Crippen molar-refractivity contribution < 1.29 is 13.2 Å². The van der Waals surface area contributed by atoms with Crippen LogP contribution in [0.4, 0.5) is 0 Å². The van der Waals surface area contributed by atoms with E-state index in [1.807, 2.05) is 11.9 Å². The molecule has 1 saturated heterocycles. The molecule has 0 amide bonds. The molecule has 0 aromatic carbocycles. The molecule has 120 valence electrons. The number of piperidine rings is 1. The Morgan fingerprint density at radius 2 is 2.00 bits per heavy atom. The van der Waals surface area contributed by atoms with E-state index < -0.39 is 10.2 Å². The third-order valence-corrected chi connectivity index (χ3v) is 5.32. The minimum Gasteiger partial charge on any atom is -0.383 e. The molecule has 1 aliphatic heterocycles. The molecule has 1 heterocycles. The molecule has 0 atom stereocenters. The second-order valence-electron chi connectivity index (χ2n) is 5.27. The molecule has 3 N–H and O–H groups in total. The van der Waals surface area contributed by atoms with Gasteiger partial charge in [0, 0.05) is 39.8 Å². The third kappa shape index (κ3) is 6.02. The molecule has 1 rings (SSSR count). The van der Waals surface area contributed by atoms with Gasteiger partial charge < -0.3 is 15.4 Å². The van der Waals surface area contributed by atoms with Crippen molar-refractivity contribution in [1.82, 2.24) is 13.9 Å². The van der Waals surface area contributed by atoms with E-state index >= 15 is 0 Å². The maximum Gasteiger partial charge on any atom is 0.279 e. The van der Waals surface area contributed by atoms with Crippen molar-refractivity contribution in [1.29, 1.82) is 0 Å². The molecule has 7 nitrogen and oxygen atoms in total. The second kappa shape index (κ2) is 8.91. The molecule has 0 aromatic heterocycles. The fraction of sp³-hybridized carbons (Fsp3) is 1.00. The maximum atomic E-state index is 12.1. The Labute approximate surface area is 122 Å². The maximum absolute atomic E-state index is 12.1. The van der Waals surface area contributed by atoms with Gasteiger partial charge >= 0.3 is 0 Å². The SMILES string of the molecule is COCCN(C)CCNS(=O)(=O)N1CCC(CN)CC1. The number of methoxy groups -OCH3 is 1. The molecule has 0 unspecified atom stereocenters.